The Morgan fingerprint density at radius 3 is 2.65 bits per heavy atom. The maximum absolute atomic E-state index is 12.9. The first-order valence-electron chi connectivity index (χ1n) is 7.26. The average Bonchev–Trinajstić information content (AvgIpc) is 2.46. The van der Waals surface area contributed by atoms with Crippen LogP contribution in [0.4, 0.5) is 5.69 Å². The first kappa shape index (κ1) is 19.8. The predicted molar refractivity (Wildman–Crippen MR) is 90.2 cm³/mol. The molecular formula is C14H22ClN3O4S. The van der Waals surface area contributed by atoms with Gasteiger partial charge in [0.15, 0.2) is 0 Å². The van der Waals surface area contributed by atoms with E-state index >= 15 is 0 Å². The summed E-state index contributed by atoms with van der Waals surface area (Å²) in [6.07, 6.45) is 1.70. The quantitative estimate of drug-likeness (QED) is 0.651. The molecule has 0 bridgehead atoms. The van der Waals surface area contributed by atoms with Gasteiger partial charge < -0.3 is 5.73 Å². The lowest BCUT2D eigenvalue weighted by molar-refractivity contribution is -0.385. The zero-order valence-corrected chi connectivity index (χ0v) is 14.8. The van der Waals surface area contributed by atoms with Crippen molar-refractivity contribution in [2.75, 3.05) is 13.1 Å². The summed E-state index contributed by atoms with van der Waals surface area (Å²) in [7, 11) is -3.79. The van der Waals surface area contributed by atoms with Crippen molar-refractivity contribution in [3.8, 4) is 0 Å². The van der Waals surface area contributed by atoms with Crippen molar-refractivity contribution in [1.82, 2.24) is 4.31 Å². The van der Waals surface area contributed by atoms with E-state index in [4.69, 9.17) is 5.73 Å². The van der Waals surface area contributed by atoms with Crippen LogP contribution in [0.1, 0.15) is 25.3 Å². The van der Waals surface area contributed by atoms with Crippen molar-refractivity contribution >= 4 is 28.1 Å². The van der Waals surface area contributed by atoms with Crippen molar-refractivity contribution in [2.45, 2.75) is 37.6 Å². The smallest absolute Gasteiger partial charge is 0.273 e. The van der Waals surface area contributed by atoms with Gasteiger partial charge in [-0.15, -0.1) is 12.4 Å². The van der Waals surface area contributed by atoms with Gasteiger partial charge in [0.05, 0.1) is 9.82 Å². The Kier molecular flexibility index (Phi) is 6.52. The van der Waals surface area contributed by atoms with Crippen molar-refractivity contribution in [3.63, 3.8) is 0 Å². The molecule has 0 amide bonds. The molecule has 2 atom stereocenters. The number of nitro benzene ring substituents is 1. The number of hydrogen-bond donors (Lipinski definition) is 1. The molecule has 2 N–H and O–H groups in total. The number of hydrogen-bond acceptors (Lipinski definition) is 5. The number of nitrogens with zero attached hydrogens (tertiary/aromatic N) is 2. The highest BCUT2D eigenvalue weighted by Crippen LogP contribution is 2.32. The summed E-state index contributed by atoms with van der Waals surface area (Å²) in [5.74, 6) is 0.174. The van der Waals surface area contributed by atoms with Crippen LogP contribution in [0.15, 0.2) is 23.1 Å². The van der Waals surface area contributed by atoms with Crippen molar-refractivity contribution < 1.29 is 13.3 Å². The fraction of sp³-hybridized carbons (Fsp3) is 0.571. The first-order chi connectivity index (χ1) is 10.3. The van der Waals surface area contributed by atoms with Crippen LogP contribution in [0.3, 0.4) is 0 Å². The maximum atomic E-state index is 12.9. The van der Waals surface area contributed by atoms with Crippen LogP contribution in [0.25, 0.3) is 0 Å². The van der Waals surface area contributed by atoms with Gasteiger partial charge >= 0.3 is 0 Å². The molecule has 1 aromatic rings. The topological polar surface area (TPSA) is 107 Å². The number of rotatable bonds is 4. The molecule has 1 fully saturated rings. The fourth-order valence-electron chi connectivity index (χ4n) is 3.07. The van der Waals surface area contributed by atoms with Gasteiger partial charge in [-0.05, 0) is 31.7 Å². The van der Waals surface area contributed by atoms with Crippen LogP contribution < -0.4 is 5.73 Å². The summed E-state index contributed by atoms with van der Waals surface area (Å²) in [5, 5.41) is 11.0. The molecule has 7 nitrogen and oxygen atoms in total. The molecule has 1 heterocycles. The number of nitrogens with two attached hydrogens (primary N) is 1. The van der Waals surface area contributed by atoms with E-state index in [-0.39, 0.29) is 47.1 Å². The highest BCUT2D eigenvalue weighted by Gasteiger charge is 2.37. The second kappa shape index (κ2) is 7.57. The molecule has 0 saturated carbocycles. The van der Waals surface area contributed by atoms with E-state index < -0.39 is 14.9 Å². The molecule has 2 unspecified atom stereocenters. The van der Waals surface area contributed by atoms with Gasteiger partial charge in [0.1, 0.15) is 0 Å². The largest absolute Gasteiger partial charge is 0.329 e. The van der Waals surface area contributed by atoms with E-state index in [1.807, 2.05) is 6.92 Å². The van der Waals surface area contributed by atoms with Gasteiger partial charge in [-0.1, -0.05) is 13.0 Å². The lowest BCUT2D eigenvalue weighted by atomic mass is 9.93. The second-order valence-electron chi connectivity index (χ2n) is 5.70. The fourth-order valence-corrected chi connectivity index (χ4v) is 5.08. The number of benzene rings is 1. The number of nitro groups is 1. The van der Waals surface area contributed by atoms with Gasteiger partial charge in [0.25, 0.3) is 5.69 Å². The molecule has 1 aliphatic rings. The van der Waals surface area contributed by atoms with Crippen molar-refractivity contribution in [1.29, 1.82) is 0 Å². The average molecular weight is 364 g/mol. The van der Waals surface area contributed by atoms with E-state index in [1.54, 1.807) is 0 Å². The molecule has 2 rings (SSSR count). The number of piperidine rings is 1. The molecule has 1 saturated heterocycles. The Morgan fingerprint density at radius 2 is 2.09 bits per heavy atom. The summed E-state index contributed by atoms with van der Waals surface area (Å²) in [6, 6.07) is 3.87. The number of sulfonamides is 1. The highest BCUT2D eigenvalue weighted by molar-refractivity contribution is 7.89. The summed E-state index contributed by atoms with van der Waals surface area (Å²) >= 11 is 0. The second-order valence-corrected chi connectivity index (χ2v) is 7.55. The van der Waals surface area contributed by atoms with Crippen LogP contribution >= 0.6 is 12.4 Å². The maximum Gasteiger partial charge on any atom is 0.273 e. The van der Waals surface area contributed by atoms with Gasteiger partial charge in [-0.3, -0.25) is 10.1 Å². The molecule has 0 radical (unpaired) electrons. The Balaban J connectivity index is 0.00000264. The third-order valence-electron chi connectivity index (χ3n) is 4.35. The van der Waals surface area contributed by atoms with Crippen LogP contribution in [0, 0.1) is 23.0 Å². The minimum absolute atomic E-state index is 0. The summed E-state index contributed by atoms with van der Waals surface area (Å²) < 4.78 is 27.3. The summed E-state index contributed by atoms with van der Waals surface area (Å²) in [5.41, 5.74) is 5.74. The van der Waals surface area contributed by atoms with Gasteiger partial charge in [-0.2, -0.15) is 4.31 Å². The van der Waals surface area contributed by atoms with E-state index in [9.17, 15) is 18.5 Å². The van der Waals surface area contributed by atoms with E-state index in [0.29, 0.717) is 6.54 Å². The minimum Gasteiger partial charge on any atom is -0.329 e. The predicted octanol–water partition coefficient (Wildman–Crippen LogP) is 2.07. The van der Waals surface area contributed by atoms with Crippen LogP contribution in [-0.4, -0.2) is 36.8 Å². The highest BCUT2D eigenvalue weighted by atomic mass is 35.5. The zero-order valence-electron chi connectivity index (χ0n) is 13.1. The Hall–Kier alpha value is -1.22. The van der Waals surface area contributed by atoms with Crippen LogP contribution in [0.2, 0.25) is 0 Å². The zero-order chi connectivity index (χ0) is 16.5. The first-order valence-corrected chi connectivity index (χ1v) is 8.70. The van der Waals surface area contributed by atoms with Gasteiger partial charge in [-0.25, -0.2) is 8.42 Å². The van der Waals surface area contributed by atoms with Crippen molar-refractivity contribution in [3.05, 3.63) is 33.9 Å². The third kappa shape index (κ3) is 3.65. The van der Waals surface area contributed by atoms with Crippen molar-refractivity contribution in [2.24, 2.45) is 11.7 Å². The molecule has 0 aliphatic carbocycles. The Bertz CT molecular complexity index is 681. The van der Waals surface area contributed by atoms with E-state index in [0.717, 1.165) is 12.8 Å². The lowest BCUT2D eigenvalue weighted by Crippen LogP contribution is -2.51. The van der Waals surface area contributed by atoms with Gasteiger partial charge in [0, 0.05) is 30.8 Å². The third-order valence-corrected chi connectivity index (χ3v) is 6.41. The summed E-state index contributed by atoms with van der Waals surface area (Å²) in [6.45, 7) is 4.10. The summed E-state index contributed by atoms with van der Waals surface area (Å²) in [4.78, 5) is 10.5. The molecule has 1 aliphatic heterocycles. The van der Waals surface area contributed by atoms with Crippen LogP contribution in [0.5, 0.6) is 0 Å². The molecule has 1 aromatic carbocycles. The molecule has 23 heavy (non-hydrogen) atoms. The molecule has 130 valence electrons. The SMILES string of the molecule is Cc1c([N+](=O)[O-])cccc1S(=O)(=O)N1CCCC(C)C1CN.Cl. The standard InChI is InChI=1S/C14H21N3O4S.ClH/c1-10-5-4-8-16(13(10)9-15)22(20,21)14-7-3-6-12(11(14)2)17(18)19;/h3,6-7,10,13H,4-5,8-9,15H2,1-2H3;1H. The van der Waals surface area contributed by atoms with Crippen LogP contribution in [-0.2, 0) is 10.0 Å². The molecule has 0 spiro atoms. The molecular weight excluding hydrogens is 342 g/mol. The minimum atomic E-state index is -3.79. The monoisotopic (exact) mass is 363 g/mol. The Morgan fingerprint density at radius 1 is 1.43 bits per heavy atom. The molecule has 9 heteroatoms. The number of halogens is 1. The molecule has 0 aromatic heterocycles. The van der Waals surface area contributed by atoms with E-state index in [1.165, 1.54) is 29.4 Å². The Labute approximate surface area is 142 Å². The normalized spacial score (nSPS) is 22.4. The van der Waals surface area contributed by atoms with Gasteiger partial charge in [0.2, 0.25) is 10.0 Å². The lowest BCUT2D eigenvalue weighted by Gasteiger charge is -2.38. The van der Waals surface area contributed by atoms with E-state index in [2.05, 4.69) is 0 Å².